The Morgan fingerprint density at radius 3 is 1.93 bits per heavy atom. The van der Waals surface area contributed by atoms with Crippen LogP contribution in [0.1, 0.15) is 22.3 Å². The van der Waals surface area contributed by atoms with Crippen molar-refractivity contribution in [2.75, 3.05) is 0 Å². The maximum absolute atomic E-state index is 6.82. The van der Waals surface area contributed by atoms with Crippen LogP contribution < -0.4 is 0 Å². The van der Waals surface area contributed by atoms with Crippen molar-refractivity contribution in [3.05, 3.63) is 138 Å². The molecule has 2 heterocycles. The second-order valence-electron chi connectivity index (χ2n) is 11.3. The fraction of sp³-hybridized carbons (Fsp3) is 0.0270. The zero-order chi connectivity index (χ0) is 28.8. The number of benzene rings is 6. The molecule has 2 aliphatic rings. The molecule has 6 aromatic carbocycles. The molecule has 0 saturated heterocycles. The molecule has 1 nitrogen and oxygen atoms in total. The van der Waals surface area contributed by atoms with E-state index in [0.29, 0.717) is 10.0 Å². The van der Waals surface area contributed by atoms with Gasteiger partial charge in [0.05, 0.1) is 5.41 Å². The normalized spacial score (nSPS) is 14.2. The van der Waals surface area contributed by atoms with Gasteiger partial charge in [-0.05, 0) is 81.9 Å². The molecule has 8 aromatic rings. The summed E-state index contributed by atoms with van der Waals surface area (Å²) in [7, 11) is 0. The average molecular weight is 739 g/mol. The van der Waals surface area contributed by atoms with Crippen molar-refractivity contribution in [1.29, 1.82) is 0 Å². The van der Waals surface area contributed by atoms with Gasteiger partial charge in [-0.3, -0.25) is 0 Å². The number of rotatable bonds is 0. The van der Waals surface area contributed by atoms with Crippen LogP contribution in [-0.4, -0.2) is 0 Å². The maximum Gasteiger partial charge on any atom is 0.144 e. The second kappa shape index (κ2) is 8.53. The molecule has 0 fully saturated rings. The van der Waals surface area contributed by atoms with Gasteiger partial charge in [-0.1, -0.05) is 104 Å². The predicted octanol–water partition coefficient (Wildman–Crippen LogP) is 13.1. The summed E-state index contributed by atoms with van der Waals surface area (Å²) in [6.07, 6.45) is 0. The Kier molecular flexibility index (Phi) is 5.00. The third-order valence-electron chi connectivity index (χ3n) is 9.32. The molecule has 0 amide bonds. The van der Waals surface area contributed by atoms with E-state index in [1.807, 2.05) is 29.5 Å². The first kappa shape index (κ1) is 25.2. The lowest BCUT2D eigenvalue weighted by Crippen LogP contribution is -2.26. The van der Waals surface area contributed by atoms with Crippen LogP contribution in [-0.2, 0) is 5.41 Å². The van der Waals surface area contributed by atoms with Crippen molar-refractivity contribution < 1.29 is 4.42 Å². The van der Waals surface area contributed by atoms with E-state index in [9.17, 15) is 0 Å². The van der Waals surface area contributed by atoms with Crippen LogP contribution in [0.2, 0.25) is 10.0 Å². The van der Waals surface area contributed by atoms with E-state index in [2.05, 4.69) is 111 Å². The summed E-state index contributed by atoms with van der Waals surface area (Å²) in [6.45, 7) is 0. The topological polar surface area (TPSA) is 13.1 Å². The highest BCUT2D eigenvalue weighted by Gasteiger charge is 2.54. The molecular weight excluding hydrogens is 723 g/mol. The van der Waals surface area contributed by atoms with Crippen LogP contribution >= 0.6 is 66.4 Å². The molecule has 0 atom stereocenters. The summed E-state index contributed by atoms with van der Waals surface area (Å²) >= 11 is 23.5. The Hall–Kier alpha value is -3.12. The van der Waals surface area contributed by atoms with Crippen molar-refractivity contribution >= 4 is 109 Å². The highest BCUT2D eigenvalue weighted by molar-refractivity contribution is 9.11. The molecule has 43 heavy (non-hydrogen) atoms. The number of para-hydroxylation sites is 1. The lowest BCUT2D eigenvalue weighted by molar-refractivity contribution is 0.669. The van der Waals surface area contributed by atoms with E-state index in [4.69, 9.17) is 27.6 Å². The largest absolute Gasteiger partial charge is 0.455 e. The van der Waals surface area contributed by atoms with E-state index in [1.54, 1.807) is 0 Å². The van der Waals surface area contributed by atoms with Gasteiger partial charge < -0.3 is 4.42 Å². The van der Waals surface area contributed by atoms with Crippen LogP contribution in [0.15, 0.2) is 110 Å². The number of furan rings is 1. The van der Waals surface area contributed by atoms with Gasteiger partial charge in [0.25, 0.3) is 0 Å². The Morgan fingerprint density at radius 1 is 0.605 bits per heavy atom. The highest BCUT2D eigenvalue weighted by Crippen LogP contribution is 2.67. The third-order valence-corrected chi connectivity index (χ3v) is 12.2. The summed E-state index contributed by atoms with van der Waals surface area (Å²) < 4.78 is 11.4. The average Bonchev–Trinajstić information content (AvgIpc) is 3.72. The molecule has 10 rings (SSSR count). The summed E-state index contributed by atoms with van der Waals surface area (Å²) in [6, 6.07) is 34.2. The molecule has 6 heteroatoms. The van der Waals surface area contributed by atoms with Crippen molar-refractivity contribution in [3.8, 4) is 22.3 Å². The van der Waals surface area contributed by atoms with E-state index in [-0.39, 0.29) is 0 Å². The number of hydrogen-bond acceptors (Lipinski definition) is 2. The third kappa shape index (κ3) is 2.99. The van der Waals surface area contributed by atoms with Gasteiger partial charge in [0.2, 0.25) is 0 Å². The minimum absolute atomic E-state index is 0.645. The molecular formula is C37H16Br2Cl2OS. The molecule has 1 spiro atoms. The molecule has 2 aliphatic carbocycles. The van der Waals surface area contributed by atoms with Crippen molar-refractivity contribution in [2.24, 2.45) is 0 Å². The smallest absolute Gasteiger partial charge is 0.144 e. The minimum atomic E-state index is -0.645. The van der Waals surface area contributed by atoms with Gasteiger partial charge in [-0.25, -0.2) is 0 Å². The van der Waals surface area contributed by atoms with Gasteiger partial charge in [0.15, 0.2) is 0 Å². The lowest BCUT2D eigenvalue weighted by atomic mass is 9.70. The van der Waals surface area contributed by atoms with E-state index in [1.165, 1.54) is 48.0 Å². The van der Waals surface area contributed by atoms with Gasteiger partial charge in [0, 0.05) is 61.1 Å². The number of hydrogen-bond donors (Lipinski definition) is 0. The molecule has 0 bridgehead atoms. The first-order valence-corrected chi connectivity index (χ1v) is 17.0. The Labute approximate surface area is 276 Å². The summed E-state index contributed by atoms with van der Waals surface area (Å²) in [5, 5.41) is 6.07. The van der Waals surface area contributed by atoms with Crippen molar-refractivity contribution in [2.45, 2.75) is 5.41 Å². The second-order valence-corrected chi connectivity index (χ2v) is 14.9. The Balaban J connectivity index is 1.52. The highest BCUT2D eigenvalue weighted by atomic mass is 79.9. The molecule has 0 N–H and O–H groups in total. The van der Waals surface area contributed by atoms with E-state index in [0.717, 1.165) is 47.6 Å². The number of thiophene rings is 1. The fourth-order valence-corrected chi connectivity index (χ4v) is 10.8. The Bertz CT molecular complexity index is 2400. The number of fused-ring (bicyclic) bond motifs is 18. The maximum atomic E-state index is 6.82. The zero-order valence-corrected chi connectivity index (χ0v) is 27.6. The first-order chi connectivity index (χ1) is 21.0. The van der Waals surface area contributed by atoms with Gasteiger partial charge in [-0.2, -0.15) is 0 Å². The number of halogens is 4. The molecule has 2 aromatic heterocycles. The summed E-state index contributed by atoms with van der Waals surface area (Å²) in [4.78, 5) is 0. The van der Waals surface area contributed by atoms with Crippen LogP contribution in [0.5, 0.6) is 0 Å². The van der Waals surface area contributed by atoms with Gasteiger partial charge in [0.1, 0.15) is 11.2 Å². The fourth-order valence-electron chi connectivity index (χ4n) is 7.79. The van der Waals surface area contributed by atoms with Crippen molar-refractivity contribution in [3.63, 3.8) is 0 Å². The monoisotopic (exact) mass is 736 g/mol. The van der Waals surface area contributed by atoms with Crippen LogP contribution in [0.4, 0.5) is 0 Å². The van der Waals surface area contributed by atoms with Crippen LogP contribution in [0, 0.1) is 0 Å². The summed E-state index contributed by atoms with van der Waals surface area (Å²) in [5.74, 6) is 0. The molecule has 0 saturated carbocycles. The molecule has 0 aliphatic heterocycles. The zero-order valence-electron chi connectivity index (χ0n) is 22.1. The predicted molar refractivity (Wildman–Crippen MR) is 188 cm³/mol. The quantitative estimate of drug-likeness (QED) is 0.151. The minimum Gasteiger partial charge on any atom is -0.455 e. The van der Waals surface area contributed by atoms with E-state index >= 15 is 0 Å². The summed E-state index contributed by atoms with van der Waals surface area (Å²) in [5.41, 5.74) is 10.5. The molecule has 0 unspecified atom stereocenters. The molecule has 204 valence electrons. The molecule has 0 radical (unpaired) electrons. The first-order valence-electron chi connectivity index (χ1n) is 13.9. The van der Waals surface area contributed by atoms with Gasteiger partial charge in [-0.15, -0.1) is 11.3 Å². The van der Waals surface area contributed by atoms with Gasteiger partial charge >= 0.3 is 0 Å². The van der Waals surface area contributed by atoms with Crippen molar-refractivity contribution in [1.82, 2.24) is 0 Å². The van der Waals surface area contributed by atoms with Crippen LogP contribution in [0.25, 0.3) is 64.4 Å². The van der Waals surface area contributed by atoms with Crippen LogP contribution in [0.3, 0.4) is 0 Å². The Morgan fingerprint density at radius 2 is 1.21 bits per heavy atom. The van der Waals surface area contributed by atoms with E-state index < -0.39 is 5.41 Å². The lowest BCUT2D eigenvalue weighted by Gasteiger charge is -2.31. The standard InChI is InChI=1S/C37H16Br2Cl2OS/c38-27-15-25-33(35-31(27)21-5-1-3-7-29(21)42-35)34-26(16-28(39)32-22-6-2-4-8-30(22)43-36(32)34)37(25)23-13-17(40)9-11-19(23)20-12-10-18(41)14-24(20)37/h1-16H. The SMILES string of the molecule is Clc1ccc2c(c1)C1(c3cc(Cl)ccc3-2)c2cc(Br)c3c(oc4ccccc43)c2-c2c1cc(Br)c1c2sc2ccccc21.